The second-order valence-corrected chi connectivity index (χ2v) is 5.37. The molecular formula is C15H16LiOP. The van der Waals surface area contributed by atoms with Crippen LogP contribution in [-0.4, -0.2) is 24.4 Å². The maximum absolute atomic E-state index is 12.3. The van der Waals surface area contributed by atoms with E-state index in [1.165, 1.54) is 0 Å². The molecule has 3 heteroatoms. The number of carbonyl (C=O) groups is 1. The molecule has 0 spiro atoms. The Labute approximate surface area is 122 Å². The van der Waals surface area contributed by atoms with Gasteiger partial charge in [-0.3, -0.25) is 4.79 Å². The van der Waals surface area contributed by atoms with Crippen molar-refractivity contribution in [2.24, 2.45) is 0 Å². The summed E-state index contributed by atoms with van der Waals surface area (Å²) in [5, 5.41) is 1.10. The summed E-state index contributed by atoms with van der Waals surface area (Å²) >= 11 is 0. The monoisotopic (exact) mass is 250 g/mol. The molecule has 2 aromatic carbocycles. The number of carbonyl (C=O) groups excluding carboxylic acids is 1. The molecule has 1 atom stereocenters. The van der Waals surface area contributed by atoms with Crippen LogP contribution in [0.2, 0.25) is 0 Å². The van der Waals surface area contributed by atoms with E-state index in [0.29, 0.717) is 0 Å². The zero-order valence-electron chi connectivity index (χ0n) is 10.0. The SMILES string of the molecule is Cc1cccc(C)c1C(=O)Pc1ccccc1.[LiH]. The summed E-state index contributed by atoms with van der Waals surface area (Å²) in [6.07, 6.45) is 0. The van der Waals surface area contributed by atoms with Crippen molar-refractivity contribution in [3.63, 3.8) is 0 Å². The van der Waals surface area contributed by atoms with Crippen molar-refractivity contribution in [1.29, 1.82) is 0 Å². The van der Waals surface area contributed by atoms with Crippen molar-refractivity contribution in [2.75, 3.05) is 0 Å². The van der Waals surface area contributed by atoms with Crippen LogP contribution in [0.25, 0.3) is 0 Å². The molecule has 0 fully saturated rings. The van der Waals surface area contributed by atoms with Crippen molar-refractivity contribution >= 4 is 38.3 Å². The molecule has 1 nitrogen and oxygen atoms in total. The van der Waals surface area contributed by atoms with Gasteiger partial charge in [-0.2, -0.15) is 0 Å². The molecule has 0 N–H and O–H groups in total. The van der Waals surface area contributed by atoms with Crippen LogP contribution in [-0.2, 0) is 0 Å². The minimum absolute atomic E-state index is 0. The molecule has 0 aliphatic heterocycles. The third-order valence-corrected chi connectivity index (χ3v) is 3.84. The van der Waals surface area contributed by atoms with Gasteiger partial charge < -0.3 is 0 Å². The van der Waals surface area contributed by atoms with Crippen molar-refractivity contribution in [1.82, 2.24) is 0 Å². The Morgan fingerprint density at radius 1 is 0.889 bits per heavy atom. The van der Waals surface area contributed by atoms with Crippen LogP contribution in [0.1, 0.15) is 21.5 Å². The van der Waals surface area contributed by atoms with Crippen molar-refractivity contribution in [3.05, 3.63) is 65.2 Å². The summed E-state index contributed by atoms with van der Waals surface area (Å²) in [6, 6.07) is 15.9. The van der Waals surface area contributed by atoms with Crippen molar-refractivity contribution in [3.8, 4) is 0 Å². The summed E-state index contributed by atoms with van der Waals surface area (Å²) < 4.78 is 0. The standard InChI is InChI=1S/C15H15OP.Li.H/c1-11-7-6-8-12(2)14(11)15(16)17-13-9-4-3-5-10-13;;/h3-10,17H,1-2H3;;. The van der Waals surface area contributed by atoms with E-state index in [-0.39, 0.29) is 33.0 Å². The Hall–Kier alpha value is -0.863. The Morgan fingerprint density at radius 3 is 2.00 bits per heavy atom. The van der Waals surface area contributed by atoms with Crippen LogP contribution in [0, 0.1) is 13.8 Å². The summed E-state index contributed by atoms with van der Waals surface area (Å²) in [5.74, 6) is 0. The molecule has 0 saturated heterocycles. The number of hydrogen-bond donors (Lipinski definition) is 0. The van der Waals surface area contributed by atoms with Crippen LogP contribution in [0.4, 0.5) is 0 Å². The maximum atomic E-state index is 12.3. The fourth-order valence-electron chi connectivity index (χ4n) is 1.89. The third-order valence-electron chi connectivity index (χ3n) is 2.74. The number of benzene rings is 2. The quantitative estimate of drug-likeness (QED) is 0.604. The number of aryl methyl sites for hydroxylation is 2. The molecule has 0 heterocycles. The van der Waals surface area contributed by atoms with Crippen LogP contribution in [0.3, 0.4) is 0 Å². The van der Waals surface area contributed by atoms with Gasteiger partial charge in [0.2, 0.25) is 0 Å². The van der Waals surface area contributed by atoms with E-state index in [9.17, 15) is 4.79 Å². The summed E-state index contributed by atoms with van der Waals surface area (Å²) in [7, 11) is 0.210. The first-order valence-electron chi connectivity index (χ1n) is 5.61. The van der Waals surface area contributed by atoms with Gasteiger partial charge in [0, 0.05) is 5.56 Å². The zero-order chi connectivity index (χ0) is 12.3. The van der Waals surface area contributed by atoms with Gasteiger partial charge >= 0.3 is 18.9 Å². The predicted molar refractivity (Wildman–Crippen MR) is 81.8 cm³/mol. The summed E-state index contributed by atoms with van der Waals surface area (Å²) in [5.41, 5.74) is 3.25. The summed E-state index contributed by atoms with van der Waals surface area (Å²) in [6.45, 7) is 3.99. The number of hydrogen-bond acceptors (Lipinski definition) is 1. The normalized spacial score (nSPS) is 10.3. The Morgan fingerprint density at radius 2 is 1.44 bits per heavy atom. The van der Waals surface area contributed by atoms with E-state index in [2.05, 4.69) is 0 Å². The molecule has 2 rings (SSSR count). The van der Waals surface area contributed by atoms with E-state index in [1.807, 2.05) is 62.4 Å². The van der Waals surface area contributed by atoms with Gasteiger partial charge in [-0.15, -0.1) is 0 Å². The molecule has 0 aliphatic rings. The molecule has 18 heavy (non-hydrogen) atoms. The van der Waals surface area contributed by atoms with Gasteiger partial charge in [-0.25, -0.2) is 0 Å². The minimum atomic E-state index is 0. The van der Waals surface area contributed by atoms with Gasteiger partial charge in [0.25, 0.3) is 0 Å². The van der Waals surface area contributed by atoms with Gasteiger partial charge in [0.05, 0.1) is 0 Å². The molecule has 0 saturated carbocycles. The van der Waals surface area contributed by atoms with Gasteiger partial charge in [-0.05, 0) is 38.9 Å². The van der Waals surface area contributed by atoms with Crippen LogP contribution in [0.15, 0.2) is 48.5 Å². The molecule has 0 aromatic heterocycles. The average Bonchev–Trinajstić information content (AvgIpc) is 2.30. The average molecular weight is 250 g/mol. The number of rotatable bonds is 3. The fourth-order valence-corrected chi connectivity index (χ4v) is 3.03. The molecule has 88 valence electrons. The van der Waals surface area contributed by atoms with Gasteiger partial charge in [0.15, 0.2) is 5.52 Å². The van der Waals surface area contributed by atoms with Crippen LogP contribution in [0.5, 0.6) is 0 Å². The van der Waals surface area contributed by atoms with E-state index < -0.39 is 0 Å². The first-order valence-corrected chi connectivity index (χ1v) is 6.61. The Bertz CT molecular complexity index is 517. The molecular weight excluding hydrogens is 234 g/mol. The third kappa shape index (κ3) is 3.56. The van der Waals surface area contributed by atoms with E-state index >= 15 is 0 Å². The molecule has 0 amide bonds. The van der Waals surface area contributed by atoms with Crippen molar-refractivity contribution in [2.45, 2.75) is 13.8 Å². The predicted octanol–water partition coefficient (Wildman–Crippen LogP) is 2.80. The Balaban J connectivity index is 0.00000162. The van der Waals surface area contributed by atoms with E-state index in [4.69, 9.17) is 0 Å². The second-order valence-electron chi connectivity index (χ2n) is 4.09. The molecule has 1 unspecified atom stereocenters. The molecule has 0 bridgehead atoms. The molecule has 0 aliphatic carbocycles. The van der Waals surface area contributed by atoms with Crippen molar-refractivity contribution < 1.29 is 4.79 Å². The first kappa shape index (κ1) is 15.2. The topological polar surface area (TPSA) is 17.1 Å². The molecule has 0 radical (unpaired) electrons. The van der Waals surface area contributed by atoms with Crippen LogP contribution >= 0.6 is 8.58 Å². The second kappa shape index (κ2) is 6.91. The zero-order valence-corrected chi connectivity index (χ0v) is 11.0. The van der Waals surface area contributed by atoms with Crippen LogP contribution < -0.4 is 5.30 Å². The molecule has 2 aromatic rings. The summed E-state index contributed by atoms with van der Waals surface area (Å²) in [4.78, 5) is 12.3. The first-order chi connectivity index (χ1) is 8.18. The Kier molecular flexibility index (Phi) is 5.83. The van der Waals surface area contributed by atoms with Gasteiger partial charge in [0.1, 0.15) is 0 Å². The van der Waals surface area contributed by atoms with E-state index in [0.717, 1.165) is 22.0 Å². The van der Waals surface area contributed by atoms with E-state index in [1.54, 1.807) is 0 Å². The fraction of sp³-hybridized carbons (Fsp3) is 0.133. The van der Waals surface area contributed by atoms with Gasteiger partial charge in [-0.1, -0.05) is 48.5 Å².